The van der Waals surface area contributed by atoms with Crippen LogP contribution in [0.25, 0.3) is 0 Å². The first-order chi connectivity index (χ1) is 8.88. The van der Waals surface area contributed by atoms with Crippen LogP contribution in [0.4, 0.5) is 5.69 Å². The highest BCUT2D eigenvalue weighted by atomic mass is 32.2. The van der Waals surface area contributed by atoms with E-state index in [-0.39, 0.29) is 10.7 Å². The predicted molar refractivity (Wildman–Crippen MR) is 67.0 cm³/mol. The molecule has 100 valence electrons. The molecule has 3 N–H and O–H groups in total. The Morgan fingerprint density at radius 1 is 1.32 bits per heavy atom. The van der Waals surface area contributed by atoms with E-state index < -0.39 is 15.9 Å². The summed E-state index contributed by atoms with van der Waals surface area (Å²) in [7, 11) is -3.74. The Hall–Kier alpha value is -2.19. The number of nitrogens with zero attached hydrogens (tertiary/aromatic N) is 1. The van der Waals surface area contributed by atoms with Gasteiger partial charge in [-0.25, -0.2) is 18.5 Å². The maximum absolute atomic E-state index is 11.8. The molecule has 7 nitrogen and oxygen atoms in total. The number of benzene rings is 1. The van der Waals surface area contributed by atoms with E-state index in [1.165, 1.54) is 30.7 Å². The van der Waals surface area contributed by atoms with Gasteiger partial charge in [-0.1, -0.05) is 0 Å². The molecule has 0 atom stereocenters. The minimum absolute atomic E-state index is 0.0265. The molecule has 0 spiro atoms. The van der Waals surface area contributed by atoms with Gasteiger partial charge in [-0.2, -0.15) is 0 Å². The summed E-state index contributed by atoms with van der Waals surface area (Å²) in [6.45, 7) is 1.64. The molecule has 0 fully saturated rings. The van der Waals surface area contributed by atoms with E-state index in [2.05, 4.69) is 10.3 Å². The topological polar surface area (TPSA) is 115 Å². The van der Waals surface area contributed by atoms with E-state index in [4.69, 9.17) is 9.56 Å². The lowest BCUT2D eigenvalue weighted by atomic mass is 10.3. The number of sulfonamides is 1. The molecular formula is C11H11N3O4S. The number of anilines is 1. The van der Waals surface area contributed by atoms with E-state index >= 15 is 0 Å². The van der Waals surface area contributed by atoms with Gasteiger partial charge in [0.15, 0.2) is 6.39 Å². The number of oxazole rings is 1. The molecule has 1 aromatic heterocycles. The molecule has 1 aromatic carbocycles. The van der Waals surface area contributed by atoms with Crippen LogP contribution in [0.2, 0.25) is 0 Å². The van der Waals surface area contributed by atoms with Gasteiger partial charge in [-0.3, -0.25) is 4.79 Å². The number of nitrogens with two attached hydrogens (primary N) is 1. The average Bonchev–Trinajstić information content (AvgIpc) is 2.75. The zero-order valence-electron chi connectivity index (χ0n) is 9.95. The zero-order valence-corrected chi connectivity index (χ0v) is 10.8. The fraction of sp³-hybridized carbons (Fsp3) is 0.0909. The van der Waals surface area contributed by atoms with Gasteiger partial charge < -0.3 is 9.73 Å². The summed E-state index contributed by atoms with van der Waals surface area (Å²) in [5, 5.41) is 7.52. The molecule has 2 rings (SSSR count). The van der Waals surface area contributed by atoms with Crippen molar-refractivity contribution in [2.75, 3.05) is 5.32 Å². The summed E-state index contributed by atoms with van der Waals surface area (Å²) in [6, 6.07) is 5.48. The van der Waals surface area contributed by atoms with E-state index in [1.54, 1.807) is 6.92 Å². The van der Waals surface area contributed by atoms with Crippen molar-refractivity contribution in [1.82, 2.24) is 4.98 Å². The quantitative estimate of drug-likeness (QED) is 0.866. The van der Waals surface area contributed by atoms with Gasteiger partial charge in [0.2, 0.25) is 15.8 Å². The fourth-order valence-electron chi connectivity index (χ4n) is 1.44. The SMILES string of the molecule is Cc1ncoc1C(=O)Nc1ccc(S(N)(=O)=O)cc1. The Kier molecular flexibility index (Phi) is 3.36. The minimum Gasteiger partial charge on any atom is -0.438 e. The number of amides is 1. The van der Waals surface area contributed by atoms with Crippen LogP contribution in [0.1, 0.15) is 16.2 Å². The normalized spacial score (nSPS) is 11.3. The Bertz CT molecular complexity index is 704. The van der Waals surface area contributed by atoms with Crippen molar-refractivity contribution >= 4 is 21.6 Å². The molecular weight excluding hydrogens is 270 g/mol. The second-order valence-electron chi connectivity index (χ2n) is 3.79. The first kappa shape index (κ1) is 13.2. The largest absolute Gasteiger partial charge is 0.438 e. The number of hydrogen-bond acceptors (Lipinski definition) is 5. The van der Waals surface area contributed by atoms with Gasteiger partial charge in [0.05, 0.1) is 10.6 Å². The van der Waals surface area contributed by atoms with Crippen LogP contribution in [0.15, 0.2) is 40.0 Å². The number of primary sulfonamides is 1. The molecule has 19 heavy (non-hydrogen) atoms. The van der Waals surface area contributed by atoms with E-state index in [9.17, 15) is 13.2 Å². The number of aryl methyl sites for hydroxylation is 1. The summed E-state index contributed by atoms with van der Waals surface area (Å²) in [5.74, 6) is -0.353. The van der Waals surface area contributed by atoms with Crippen molar-refractivity contribution in [1.29, 1.82) is 0 Å². The molecule has 0 bridgehead atoms. The highest BCUT2D eigenvalue weighted by molar-refractivity contribution is 7.89. The third-order valence-electron chi connectivity index (χ3n) is 2.39. The Balaban J connectivity index is 2.17. The number of carbonyl (C=O) groups is 1. The molecule has 0 unspecified atom stereocenters. The van der Waals surface area contributed by atoms with Crippen LogP contribution in [0.3, 0.4) is 0 Å². The lowest BCUT2D eigenvalue weighted by Gasteiger charge is -2.04. The highest BCUT2D eigenvalue weighted by Gasteiger charge is 2.14. The van der Waals surface area contributed by atoms with Crippen LogP contribution in [0, 0.1) is 6.92 Å². The van der Waals surface area contributed by atoms with E-state index in [1.807, 2.05) is 0 Å². The zero-order chi connectivity index (χ0) is 14.0. The highest BCUT2D eigenvalue weighted by Crippen LogP contribution is 2.14. The molecule has 0 saturated heterocycles. The average molecular weight is 281 g/mol. The van der Waals surface area contributed by atoms with E-state index in [0.717, 1.165) is 0 Å². The number of rotatable bonds is 3. The van der Waals surface area contributed by atoms with Gasteiger partial charge in [0.1, 0.15) is 0 Å². The number of carbonyl (C=O) groups excluding carboxylic acids is 1. The fourth-order valence-corrected chi connectivity index (χ4v) is 1.95. The molecule has 0 radical (unpaired) electrons. The van der Waals surface area contributed by atoms with Crippen LogP contribution in [-0.4, -0.2) is 19.3 Å². The summed E-state index contributed by atoms with van der Waals surface area (Å²) in [6.07, 6.45) is 1.17. The van der Waals surface area contributed by atoms with Crippen LogP contribution in [-0.2, 0) is 10.0 Å². The van der Waals surface area contributed by atoms with Crippen LogP contribution in [0.5, 0.6) is 0 Å². The molecule has 0 saturated carbocycles. The van der Waals surface area contributed by atoms with Gasteiger partial charge in [0, 0.05) is 5.69 Å². The molecule has 1 amide bonds. The van der Waals surface area contributed by atoms with Crippen molar-refractivity contribution in [3.63, 3.8) is 0 Å². The predicted octanol–water partition coefficient (Wildman–Crippen LogP) is 0.883. The van der Waals surface area contributed by atoms with Crippen molar-refractivity contribution in [2.24, 2.45) is 5.14 Å². The summed E-state index contributed by atoms with van der Waals surface area (Å²) >= 11 is 0. The maximum Gasteiger partial charge on any atom is 0.293 e. The van der Waals surface area contributed by atoms with Crippen molar-refractivity contribution in [2.45, 2.75) is 11.8 Å². The summed E-state index contributed by atoms with van der Waals surface area (Å²) in [4.78, 5) is 15.6. The molecule has 2 aromatic rings. The third kappa shape index (κ3) is 2.98. The maximum atomic E-state index is 11.8. The van der Waals surface area contributed by atoms with Crippen LogP contribution < -0.4 is 10.5 Å². The van der Waals surface area contributed by atoms with Gasteiger partial charge in [-0.15, -0.1) is 0 Å². The number of nitrogens with one attached hydrogen (secondary N) is 1. The summed E-state index contributed by atoms with van der Waals surface area (Å²) in [5.41, 5.74) is 0.895. The Morgan fingerprint density at radius 2 is 1.95 bits per heavy atom. The first-order valence-electron chi connectivity index (χ1n) is 5.22. The van der Waals surface area contributed by atoms with E-state index in [0.29, 0.717) is 11.4 Å². The summed E-state index contributed by atoms with van der Waals surface area (Å²) < 4.78 is 27.1. The van der Waals surface area contributed by atoms with Crippen molar-refractivity contribution in [3.05, 3.63) is 42.1 Å². The van der Waals surface area contributed by atoms with Gasteiger partial charge in [0.25, 0.3) is 5.91 Å². The third-order valence-corrected chi connectivity index (χ3v) is 3.32. The molecule has 0 aliphatic heterocycles. The molecule has 8 heteroatoms. The second kappa shape index (κ2) is 4.82. The van der Waals surface area contributed by atoms with Crippen molar-refractivity contribution in [3.8, 4) is 0 Å². The van der Waals surface area contributed by atoms with Crippen LogP contribution >= 0.6 is 0 Å². The molecule has 0 aliphatic rings. The molecule has 1 heterocycles. The second-order valence-corrected chi connectivity index (χ2v) is 5.35. The van der Waals surface area contributed by atoms with Gasteiger partial charge >= 0.3 is 0 Å². The Labute approximate surface area is 109 Å². The smallest absolute Gasteiger partial charge is 0.293 e. The monoisotopic (exact) mass is 281 g/mol. The number of hydrogen-bond donors (Lipinski definition) is 2. The van der Waals surface area contributed by atoms with Gasteiger partial charge in [-0.05, 0) is 31.2 Å². The standard InChI is InChI=1S/C11H11N3O4S/c1-7-10(18-6-13-7)11(15)14-8-2-4-9(5-3-8)19(12,16)17/h2-6H,1H3,(H,14,15)(H2,12,16,17). The lowest BCUT2D eigenvalue weighted by molar-refractivity contribution is 0.0996. The minimum atomic E-state index is -3.74. The number of aromatic nitrogens is 1. The lowest BCUT2D eigenvalue weighted by Crippen LogP contribution is -2.14. The first-order valence-corrected chi connectivity index (χ1v) is 6.77. The molecule has 0 aliphatic carbocycles. The Morgan fingerprint density at radius 3 is 2.42 bits per heavy atom. The van der Waals surface area contributed by atoms with Crippen molar-refractivity contribution < 1.29 is 17.6 Å².